The highest BCUT2D eigenvalue weighted by Gasteiger charge is 2.42. The summed E-state index contributed by atoms with van der Waals surface area (Å²) >= 11 is 0. The molecule has 3 rings (SSSR count). The molecule has 8 nitrogen and oxygen atoms in total. The number of aliphatic carboxylic acids is 1. The van der Waals surface area contributed by atoms with Crippen molar-refractivity contribution in [2.24, 2.45) is 5.41 Å². The van der Waals surface area contributed by atoms with E-state index in [0.717, 1.165) is 0 Å². The molecule has 2 aromatic rings. The van der Waals surface area contributed by atoms with Crippen LogP contribution in [-0.2, 0) is 23.3 Å². The molecule has 0 atom stereocenters. The van der Waals surface area contributed by atoms with Gasteiger partial charge in [0, 0.05) is 60.5 Å². The van der Waals surface area contributed by atoms with Crippen molar-refractivity contribution in [3.63, 3.8) is 0 Å². The number of rotatable bonds is 9. The zero-order valence-corrected chi connectivity index (χ0v) is 16.0. The predicted octanol–water partition coefficient (Wildman–Crippen LogP) is 3.80. The minimum atomic E-state index is -5.01. The SMILES string of the molecule is [2H]C([2H])C([2H])([2H])C1(C([2H])([2H])C([2H])([2H])C(=O)O)C([2H])([2H])C([2H])([2H])C(C)(c2nc3c([nH]2)c(=O)n(CCC([2H])([2H])[2H])c(=O)n3C([2H])([2H])C([2H])([2H])C([2H])([2H])[2H])C([2H])([2H])C1([2H])[2H]. The minimum Gasteiger partial charge on any atom is -0.481 e. The number of carboxylic acids is 1. The van der Waals surface area contributed by atoms with E-state index in [2.05, 4.69) is 4.98 Å². The Bertz CT molecular complexity index is 2030. The fraction of sp³-hybridized carbons (Fsp3) is 0.739. The van der Waals surface area contributed by atoms with E-state index < -0.39 is 141 Å². The third-order valence-corrected chi connectivity index (χ3v) is 4.33. The Morgan fingerprint density at radius 1 is 1.29 bits per heavy atom. The van der Waals surface area contributed by atoms with Crippen LogP contribution in [0, 0.1) is 5.41 Å². The Morgan fingerprint density at radius 2 is 2.06 bits per heavy atom. The first kappa shape index (κ1) is 6.81. The van der Waals surface area contributed by atoms with Gasteiger partial charge < -0.3 is 10.1 Å². The van der Waals surface area contributed by atoms with Crippen LogP contribution in [0.4, 0.5) is 0 Å². The Morgan fingerprint density at radius 3 is 2.71 bits per heavy atom. The van der Waals surface area contributed by atoms with Gasteiger partial charge in [0.2, 0.25) is 0 Å². The molecule has 0 aliphatic heterocycles. The highest BCUT2D eigenvalue weighted by molar-refractivity contribution is 5.70. The molecule has 31 heavy (non-hydrogen) atoms. The summed E-state index contributed by atoms with van der Waals surface area (Å²) in [6.45, 7) is -15.1. The normalized spacial score (nSPS) is 46.1. The van der Waals surface area contributed by atoms with E-state index in [1.54, 1.807) is 0 Å². The van der Waals surface area contributed by atoms with Gasteiger partial charge in [-0.15, -0.1) is 0 Å². The Labute approximate surface area is 219 Å². The second kappa shape index (κ2) is 9.01. The number of nitrogens with one attached hydrogen (secondary N) is 1. The number of fused-ring (bicyclic) bond motifs is 1. The molecule has 0 spiro atoms. The molecule has 1 aliphatic carbocycles. The lowest BCUT2D eigenvalue weighted by Gasteiger charge is -2.44. The average Bonchev–Trinajstić information content (AvgIpc) is 3.43. The van der Waals surface area contributed by atoms with Crippen LogP contribution in [0.25, 0.3) is 11.2 Å². The quantitative estimate of drug-likeness (QED) is 0.594. The highest BCUT2D eigenvalue weighted by atomic mass is 16.4. The van der Waals surface area contributed by atoms with E-state index in [-0.39, 0.29) is 4.57 Å². The number of aromatic amines is 1. The molecule has 0 saturated heterocycles. The number of aromatic nitrogens is 4. The summed E-state index contributed by atoms with van der Waals surface area (Å²) in [5.74, 6) is -4.37. The first-order valence-corrected chi connectivity index (χ1v) is 8.61. The summed E-state index contributed by atoms with van der Waals surface area (Å²) in [5, 5.41) is 9.68. The molecule has 0 unspecified atom stereocenters. The van der Waals surface area contributed by atoms with Crippen LogP contribution in [0.2, 0.25) is 0 Å². The van der Waals surface area contributed by atoms with Crippen LogP contribution in [0.1, 0.15) is 126 Å². The first-order valence-electron chi connectivity index (χ1n) is 21.8. The molecule has 2 aromatic heterocycles. The van der Waals surface area contributed by atoms with Crippen molar-refractivity contribution in [1.82, 2.24) is 19.1 Å². The van der Waals surface area contributed by atoms with Gasteiger partial charge in [-0.2, -0.15) is 0 Å². The van der Waals surface area contributed by atoms with Crippen molar-refractivity contribution in [3.8, 4) is 0 Å². The zero-order valence-electron chi connectivity index (χ0n) is 42.0. The number of nitrogens with zero attached hydrogens (tertiary/aromatic N) is 3. The van der Waals surface area contributed by atoms with Crippen molar-refractivity contribution in [3.05, 3.63) is 26.7 Å². The molecule has 1 fully saturated rings. The molecule has 0 amide bonds. The fourth-order valence-corrected chi connectivity index (χ4v) is 2.75. The van der Waals surface area contributed by atoms with E-state index in [0.29, 0.717) is 6.92 Å². The van der Waals surface area contributed by atoms with Gasteiger partial charge in [0.05, 0.1) is 0 Å². The second-order valence-electron chi connectivity index (χ2n) is 6.42. The summed E-state index contributed by atoms with van der Waals surface area (Å²) < 4.78 is 217. The van der Waals surface area contributed by atoms with Crippen LogP contribution in [0.3, 0.4) is 0 Å². The maximum Gasteiger partial charge on any atom is 0.332 e. The molecule has 2 N–H and O–H groups in total. The van der Waals surface area contributed by atoms with Gasteiger partial charge in [-0.05, 0) is 50.1 Å². The Kier molecular flexibility index (Phi) is 1.98. The van der Waals surface area contributed by atoms with Gasteiger partial charge >= 0.3 is 11.7 Å². The summed E-state index contributed by atoms with van der Waals surface area (Å²) in [5.41, 5.74) is -15.2. The topological polar surface area (TPSA) is 110 Å². The lowest BCUT2D eigenvalue weighted by Crippen LogP contribution is -2.40. The van der Waals surface area contributed by atoms with Gasteiger partial charge in [0.15, 0.2) is 5.65 Å². The maximum atomic E-state index is 13.8. The van der Waals surface area contributed by atoms with E-state index in [1.165, 1.54) is 0 Å². The number of carboxylic acid groups (broad SMARTS) is 1. The van der Waals surface area contributed by atoms with E-state index in [9.17, 15) is 19.5 Å². The van der Waals surface area contributed by atoms with Gasteiger partial charge in [-0.3, -0.25) is 18.7 Å². The van der Waals surface area contributed by atoms with Crippen LogP contribution < -0.4 is 11.2 Å². The lowest BCUT2D eigenvalue weighted by molar-refractivity contribution is -0.137. The molecule has 2 heterocycles. The van der Waals surface area contributed by atoms with Crippen molar-refractivity contribution in [2.75, 3.05) is 0 Å². The Balaban J connectivity index is 2.76. The van der Waals surface area contributed by atoms with E-state index >= 15 is 0 Å². The van der Waals surface area contributed by atoms with Crippen LogP contribution in [-0.4, -0.2) is 30.2 Å². The highest BCUT2D eigenvalue weighted by Crippen LogP contribution is 2.50. The summed E-state index contributed by atoms with van der Waals surface area (Å²) in [6, 6.07) is 0. The molecule has 8 heteroatoms. The number of carbonyl (C=O) groups is 1. The lowest BCUT2D eigenvalue weighted by atomic mass is 9.61. The van der Waals surface area contributed by atoms with Crippen LogP contribution in [0.5, 0.6) is 0 Å². The summed E-state index contributed by atoms with van der Waals surface area (Å²) in [7, 11) is 0. The monoisotopic (exact) mass is 458 g/mol. The van der Waals surface area contributed by atoms with Gasteiger partial charge in [-0.25, -0.2) is 9.78 Å². The fourth-order valence-electron chi connectivity index (χ4n) is 2.75. The number of hydrogen-bond acceptors (Lipinski definition) is 4. The number of aryl methyl sites for hydroxylation is 1. The van der Waals surface area contributed by atoms with Gasteiger partial charge in [0.1, 0.15) is 11.3 Å². The van der Waals surface area contributed by atoms with Crippen molar-refractivity contribution in [1.29, 1.82) is 0 Å². The molecule has 0 aromatic carbocycles. The average molecular weight is 459 g/mol. The molecular formula is C23H36N4O4. The van der Waals surface area contributed by atoms with E-state index in [4.69, 9.17) is 35.6 Å². The maximum absolute atomic E-state index is 13.8. The molecule has 172 valence electrons. The standard InChI is InChI=1S/C23H36N4O4/c1-5-14-26-18-17(19(30)27(15-6-2)21(26)31)24-20(25-18)22(4)10-12-23(7-3,13-11-22)9-8-16(28)29/h5-15H2,1-4H3,(H,24,25)(H,28,29)/i1D3,2D3,3D2,5D2,7D2,8D2,9D2,10D2,11D2,12D2,13D2,14D2. The molecule has 0 bridgehead atoms. The third-order valence-electron chi connectivity index (χ3n) is 4.33. The smallest absolute Gasteiger partial charge is 0.332 e. The van der Waals surface area contributed by atoms with Gasteiger partial charge in [0.25, 0.3) is 5.56 Å². The number of imidazole rings is 1. The largest absolute Gasteiger partial charge is 0.481 e. The second-order valence-corrected chi connectivity index (χ2v) is 6.42. The van der Waals surface area contributed by atoms with Gasteiger partial charge in [-0.1, -0.05) is 33.9 Å². The Hall–Kier alpha value is -2.38. The molecule has 1 saturated carbocycles. The van der Waals surface area contributed by atoms with Crippen LogP contribution in [0.15, 0.2) is 9.59 Å². The van der Waals surface area contributed by atoms with Crippen molar-refractivity contribution >= 4 is 17.1 Å². The van der Waals surface area contributed by atoms with E-state index in [1.807, 2.05) is 4.98 Å². The predicted molar refractivity (Wildman–Crippen MR) is 121 cm³/mol. The molecule has 1 aliphatic rings. The van der Waals surface area contributed by atoms with Crippen molar-refractivity contribution in [2.45, 2.75) is 103 Å². The number of H-pyrrole nitrogens is 1. The molecule has 0 radical (unpaired) electrons. The third kappa shape index (κ3) is 4.34. The first-order chi connectivity index (χ1) is 24.8. The minimum absolute atomic E-state index is 0.0279. The summed E-state index contributed by atoms with van der Waals surface area (Å²) in [4.78, 5) is 45.4. The molecular weight excluding hydrogens is 396 g/mol. The summed E-state index contributed by atoms with van der Waals surface area (Å²) in [6.07, 6.45) is -38.0. The van der Waals surface area contributed by atoms with Crippen LogP contribution >= 0.6 is 0 Å². The zero-order chi connectivity index (χ0) is 45.5. The van der Waals surface area contributed by atoms with Crippen molar-refractivity contribution < 1.29 is 45.5 Å². The number of hydrogen-bond donors (Lipinski definition) is 2.